The lowest BCUT2D eigenvalue weighted by atomic mass is 9.91. The van der Waals surface area contributed by atoms with Gasteiger partial charge in [0.25, 0.3) is 0 Å². The fourth-order valence-electron chi connectivity index (χ4n) is 4.58. The first kappa shape index (κ1) is 24.7. The first-order chi connectivity index (χ1) is 15.4. The number of nitrogens with zero attached hydrogens (tertiary/aromatic N) is 2. The van der Waals surface area contributed by atoms with Crippen LogP contribution in [-0.2, 0) is 27.3 Å². The molecule has 2 aromatic rings. The minimum absolute atomic E-state index is 0.0795. The van der Waals surface area contributed by atoms with E-state index in [1.54, 1.807) is 17.9 Å². The molecule has 33 heavy (non-hydrogen) atoms. The number of carbonyl (C=O) groups excluding carboxylic acids is 2. The van der Waals surface area contributed by atoms with E-state index in [1.165, 1.54) is 13.0 Å². The molecule has 0 N–H and O–H groups in total. The maximum absolute atomic E-state index is 13.6. The summed E-state index contributed by atoms with van der Waals surface area (Å²) in [7, 11) is 0. The first-order valence-corrected chi connectivity index (χ1v) is 11.5. The zero-order valence-corrected chi connectivity index (χ0v) is 20.8. The second-order valence-electron chi connectivity index (χ2n) is 10.2. The molecule has 3 rings (SSSR count). The van der Waals surface area contributed by atoms with Gasteiger partial charge in [-0.05, 0) is 79.1 Å². The number of esters is 1. The van der Waals surface area contributed by atoms with Crippen LogP contribution in [-0.4, -0.2) is 24.6 Å². The van der Waals surface area contributed by atoms with Crippen LogP contribution < -0.4 is 9.80 Å². The van der Waals surface area contributed by atoms with Crippen LogP contribution in [0.25, 0.3) is 0 Å². The maximum atomic E-state index is 13.6. The summed E-state index contributed by atoms with van der Waals surface area (Å²) >= 11 is 0. The fourth-order valence-corrected chi connectivity index (χ4v) is 4.58. The molecule has 0 bridgehead atoms. The van der Waals surface area contributed by atoms with Gasteiger partial charge in [0.05, 0.1) is 5.69 Å². The number of amides is 1. The van der Waals surface area contributed by atoms with E-state index in [9.17, 15) is 14.0 Å². The Balaban J connectivity index is 1.95. The highest BCUT2D eigenvalue weighted by Crippen LogP contribution is 2.35. The van der Waals surface area contributed by atoms with Crippen molar-refractivity contribution in [2.45, 2.75) is 74.1 Å². The molecule has 0 spiro atoms. The Morgan fingerprint density at radius 3 is 2.33 bits per heavy atom. The Labute approximate surface area is 196 Å². The van der Waals surface area contributed by atoms with Gasteiger partial charge in [-0.15, -0.1) is 0 Å². The Bertz CT molecular complexity index is 1030. The molecule has 6 heteroatoms. The molecule has 1 aliphatic heterocycles. The van der Waals surface area contributed by atoms with Gasteiger partial charge in [0, 0.05) is 32.1 Å². The Kier molecular flexibility index (Phi) is 7.15. The normalized spacial score (nSPS) is 14.5. The van der Waals surface area contributed by atoms with Gasteiger partial charge in [-0.3, -0.25) is 14.5 Å². The monoisotopic (exact) mass is 454 g/mol. The largest absolute Gasteiger partial charge is 0.442 e. The van der Waals surface area contributed by atoms with Crippen LogP contribution in [0, 0.1) is 25.1 Å². The number of fused-ring (bicyclic) bond motifs is 1. The molecule has 0 saturated carbocycles. The summed E-state index contributed by atoms with van der Waals surface area (Å²) in [4.78, 5) is 28.9. The smallest absolute Gasteiger partial charge is 0.304 e. The molecule has 1 atom stereocenters. The Morgan fingerprint density at radius 2 is 1.76 bits per heavy atom. The summed E-state index contributed by atoms with van der Waals surface area (Å²) in [5.74, 6) is -0.698. The molecule has 0 radical (unpaired) electrons. The minimum atomic E-state index is -0.711. The van der Waals surface area contributed by atoms with Crippen LogP contribution >= 0.6 is 0 Å². The summed E-state index contributed by atoms with van der Waals surface area (Å²) in [5, 5.41) is 0. The second kappa shape index (κ2) is 9.54. The number of anilines is 2. The van der Waals surface area contributed by atoms with Gasteiger partial charge < -0.3 is 9.64 Å². The summed E-state index contributed by atoms with van der Waals surface area (Å²) < 4.78 is 19.0. The highest BCUT2D eigenvalue weighted by molar-refractivity contribution is 5.96. The molecule has 0 aliphatic carbocycles. The van der Waals surface area contributed by atoms with Crippen molar-refractivity contribution in [3.8, 4) is 0 Å². The number of rotatable bonds is 5. The SMILES string of the molecule is CC(=O)OC(C)N(C(=O)CC(C)(C)C)c1c(C)cc(N2CCc3cc(F)ccc3C2)cc1C. The third-order valence-electron chi connectivity index (χ3n) is 5.91. The zero-order valence-electron chi connectivity index (χ0n) is 20.8. The van der Waals surface area contributed by atoms with E-state index in [0.29, 0.717) is 13.0 Å². The Morgan fingerprint density at radius 1 is 1.12 bits per heavy atom. The molecule has 1 heterocycles. The van der Waals surface area contributed by atoms with Crippen LogP contribution in [0.1, 0.15) is 63.3 Å². The third kappa shape index (κ3) is 5.92. The van der Waals surface area contributed by atoms with Crippen LogP contribution in [0.3, 0.4) is 0 Å². The number of halogens is 1. The van der Waals surface area contributed by atoms with Crippen molar-refractivity contribution >= 4 is 23.3 Å². The lowest BCUT2D eigenvalue weighted by Gasteiger charge is -2.35. The van der Waals surface area contributed by atoms with Crippen molar-refractivity contribution in [1.82, 2.24) is 0 Å². The zero-order chi connectivity index (χ0) is 24.5. The molecule has 0 saturated heterocycles. The molecular weight excluding hydrogens is 419 g/mol. The molecule has 5 nitrogen and oxygen atoms in total. The van der Waals surface area contributed by atoms with Crippen LogP contribution in [0.4, 0.5) is 15.8 Å². The summed E-state index contributed by atoms with van der Waals surface area (Å²) in [6.45, 7) is 14.6. The highest BCUT2D eigenvalue weighted by atomic mass is 19.1. The first-order valence-electron chi connectivity index (χ1n) is 11.5. The quantitative estimate of drug-likeness (QED) is 0.431. The number of ether oxygens (including phenoxy) is 1. The second-order valence-corrected chi connectivity index (χ2v) is 10.2. The predicted octanol–water partition coefficient (Wildman–Crippen LogP) is 5.68. The van der Waals surface area contributed by atoms with Gasteiger partial charge in [-0.25, -0.2) is 4.39 Å². The number of hydrogen-bond acceptors (Lipinski definition) is 4. The average Bonchev–Trinajstić information content (AvgIpc) is 2.67. The molecule has 1 amide bonds. The summed E-state index contributed by atoms with van der Waals surface area (Å²) in [6.07, 6.45) is 0.406. The van der Waals surface area contributed by atoms with Crippen LogP contribution in [0.2, 0.25) is 0 Å². The lowest BCUT2D eigenvalue weighted by molar-refractivity contribution is -0.146. The van der Waals surface area contributed by atoms with E-state index in [4.69, 9.17) is 4.74 Å². The highest BCUT2D eigenvalue weighted by Gasteiger charge is 2.30. The fraction of sp³-hybridized carbons (Fsp3) is 0.481. The van der Waals surface area contributed by atoms with Crippen molar-refractivity contribution in [2.24, 2.45) is 5.41 Å². The Hall–Kier alpha value is -2.89. The molecule has 0 fully saturated rings. The molecule has 2 aromatic carbocycles. The molecule has 1 unspecified atom stereocenters. The van der Waals surface area contributed by atoms with Gasteiger partial charge in [0.15, 0.2) is 6.23 Å². The van der Waals surface area contributed by atoms with E-state index < -0.39 is 12.2 Å². The van der Waals surface area contributed by atoms with E-state index in [-0.39, 0.29) is 17.1 Å². The topological polar surface area (TPSA) is 49.9 Å². The van der Waals surface area contributed by atoms with Gasteiger partial charge in [-0.1, -0.05) is 26.8 Å². The number of carbonyl (C=O) groups is 2. The van der Waals surface area contributed by atoms with Crippen molar-refractivity contribution < 1.29 is 18.7 Å². The summed E-state index contributed by atoms with van der Waals surface area (Å²) in [6, 6.07) is 9.15. The number of benzene rings is 2. The van der Waals surface area contributed by atoms with Crippen molar-refractivity contribution in [2.75, 3.05) is 16.3 Å². The predicted molar refractivity (Wildman–Crippen MR) is 130 cm³/mol. The minimum Gasteiger partial charge on any atom is -0.442 e. The molecular formula is C27H35FN2O3. The van der Waals surface area contributed by atoms with Gasteiger partial charge in [0.1, 0.15) is 5.82 Å². The van der Waals surface area contributed by atoms with E-state index in [2.05, 4.69) is 17.0 Å². The molecule has 0 aromatic heterocycles. The van der Waals surface area contributed by atoms with Crippen molar-refractivity contribution in [1.29, 1.82) is 0 Å². The van der Waals surface area contributed by atoms with Gasteiger partial charge >= 0.3 is 5.97 Å². The third-order valence-corrected chi connectivity index (χ3v) is 5.91. The van der Waals surface area contributed by atoms with Crippen molar-refractivity contribution in [3.63, 3.8) is 0 Å². The number of aryl methyl sites for hydroxylation is 2. The molecule has 1 aliphatic rings. The van der Waals surface area contributed by atoms with Crippen LogP contribution in [0.15, 0.2) is 30.3 Å². The van der Waals surface area contributed by atoms with E-state index in [1.807, 2.05) is 40.7 Å². The lowest BCUT2D eigenvalue weighted by Crippen LogP contribution is -2.43. The van der Waals surface area contributed by atoms with Crippen molar-refractivity contribution in [3.05, 3.63) is 58.4 Å². The van der Waals surface area contributed by atoms with Gasteiger partial charge in [-0.2, -0.15) is 0 Å². The van der Waals surface area contributed by atoms with E-state index in [0.717, 1.165) is 46.6 Å². The van der Waals surface area contributed by atoms with Gasteiger partial charge in [0.2, 0.25) is 5.91 Å². The average molecular weight is 455 g/mol. The molecule has 178 valence electrons. The van der Waals surface area contributed by atoms with Crippen LogP contribution in [0.5, 0.6) is 0 Å². The summed E-state index contributed by atoms with van der Waals surface area (Å²) in [5.41, 5.74) is 5.71. The number of hydrogen-bond donors (Lipinski definition) is 0. The van der Waals surface area contributed by atoms with E-state index >= 15 is 0 Å². The maximum Gasteiger partial charge on any atom is 0.304 e. The standard InChI is InChI=1S/C27H35FN2O3/c1-17-12-24(29-11-10-21-14-23(28)9-8-22(21)16-29)13-18(2)26(17)30(19(3)33-20(4)31)25(32)15-27(5,6)7/h8-9,12-14,19H,10-11,15-16H2,1-7H3.